The van der Waals surface area contributed by atoms with E-state index < -0.39 is 6.09 Å². The van der Waals surface area contributed by atoms with Crippen LogP contribution in [0.1, 0.15) is 82.9 Å². The Balaban J connectivity index is 1.50. The van der Waals surface area contributed by atoms with Crippen LogP contribution in [0.4, 0.5) is 10.6 Å². The third kappa shape index (κ3) is 4.52. The van der Waals surface area contributed by atoms with Gasteiger partial charge >= 0.3 is 6.09 Å². The molecule has 2 saturated carbocycles. The number of aromatic nitrogens is 3. The number of aryl methyl sites for hydroxylation is 1. The van der Waals surface area contributed by atoms with Crippen molar-refractivity contribution in [1.29, 1.82) is 0 Å². The highest BCUT2D eigenvalue weighted by Crippen LogP contribution is 2.47. The Morgan fingerprint density at radius 3 is 2.59 bits per heavy atom. The fourth-order valence-corrected chi connectivity index (χ4v) is 4.75. The molecule has 0 spiro atoms. The van der Waals surface area contributed by atoms with Crippen molar-refractivity contribution in [2.24, 2.45) is 0 Å². The number of carbonyl (C=O) groups is 2. The summed E-state index contributed by atoms with van der Waals surface area (Å²) in [6.45, 7) is 9.96. The molecule has 174 valence electrons. The summed E-state index contributed by atoms with van der Waals surface area (Å²) in [6.07, 6.45) is 3.61. The van der Waals surface area contributed by atoms with Crippen molar-refractivity contribution >= 4 is 17.8 Å². The highest BCUT2D eigenvalue weighted by molar-refractivity contribution is 5.91. The van der Waals surface area contributed by atoms with Gasteiger partial charge in [-0.3, -0.25) is 9.69 Å². The fraction of sp³-hybridized carbons (Fsp3) is 0.652. The minimum Gasteiger partial charge on any atom is -0.465 e. The molecule has 2 aromatic rings. The number of nitrogens with one attached hydrogen (secondary N) is 1. The summed E-state index contributed by atoms with van der Waals surface area (Å²) in [5, 5.41) is 21.4. The van der Waals surface area contributed by atoms with Crippen LogP contribution in [0.2, 0.25) is 0 Å². The smallest absolute Gasteiger partial charge is 0.408 e. The molecular formula is C23H33N5O4. The van der Waals surface area contributed by atoms with E-state index in [1.54, 1.807) is 11.0 Å². The summed E-state index contributed by atoms with van der Waals surface area (Å²) in [7, 11) is 0. The number of hydrogen-bond acceptors (Lipinski definition) is 5. The second-order valence-electron chi connectivity index (χ2n) is 10.5. The van der Waals surface area contributed by atoms with E-state index in [0.29, 0.717) is 11.6 Å². The van der Waals surface area contributed by atoms with Crippen molar-refractivity contribution in [2.45, 2.75) is 96.2 Å². The molecule has 2 aliphatic carbocycles. The van der Waals surface area contributed by atoms with Crippen molar-refractivity contribution in [2.75, 3.05) is 5.32 Å². The average molecular weight is 444 g/mol. The van der Waals surface area contributed by atoms with Gasteiger partial charge in [0.15, 0.2) is 0 Å². The normalized spacial score (nSPS) is 22.0. The first-order valence-electron chi connectivity index (χ1n) is 11.3. The zero-order valence-corrected chi connectivity index (χ0v) is 19.5. The Hall–Kier alpha value is -2.84. The fourth-order valence-electron chi connectivity index (χ4n) is 4.75. The second kappa shape index (κ2) is 7.94. The first kappa shape index (κ1) is 22.4. The maximum absolute atomic E-state index is 12.6. The molecule has 0 aliphatic heterocycles. The topological polar surface area (TPSA) is 113 Å². The van der Waals surface area contributed by atoms with Crippen LogP contribution in [-0.2, 0) is 16.8 Å². The number of rotatable bonds is 6. The predicted octanol–water partition coefficient (Wildman–Crippen LogP) is 4.28. The second-order valence-corrected chi connectivity index (χ2v) is 10.5. The van der Waals surface area contributed by atoms with E-state index in [9.17, 15) is 14.7 Å². The Morgan fingerprint density at radius 2 is 2.03 bits per heavy atom. The molecule has 9 heteroatoms. The van der Waals surface area contributed by atoms with Gasteiger partial charge in [-0.25, -0.2) is 9.48 Å². The molecule has 2 unspecified atom stereocenters. The van der Waals surface area contributed by atoms with E-state index in [4.69, 9.17) is 9.62 Å². The number of anilines is 1. The highest BCUT2D eigenvalue weighted by atomic mass is 16.5. The van der Waals surface area contributed by atoms with E-state index in [0.717, 1.165) is 43.5 Å². The summed E-state index contributed by atoms with van der Waals surface area (Å²) in [5.74, 6) is 1.13. The van der Waals surface area contributed by atoms with Crippen molar-refractivity contribution in [3.05, 3.63) is 29.3 Å². The first-order chi connectivity index (χ1) is 15.0. The van der Waals surface area contributed by atoms with Crippen LogP contribution >= 0.6 is 0 Å². The van der Waals surface area contributed by atoms with Gasteiger partial charge in [0, 0.05) is 29.6 Å². The largest absolute Gasteiger partial charge is 0.465 e. The monoisotopic (exact) mass is 443 g/mol. The number of amides is 2. The molecular weight excluding hydrogens is 410 g/mol. The summed E-state index contributed by atoms with van der Waals surface area (Å²) in [5.41, 5.74) is 1.10. The molecule has 2 aliphatic rings. The van der Waals surface area contributed by atoms with Crippen molar-refractivity contribution < 1.29 is 19.2 Å². The molecule has 9 nitrogen and oxygen atoms in total. The molecule has 2 amide bonds. The average Bonchev–Trinajstić information content (AvgIpc) is 3.07. The zero-order valence-electron chi connectivity index (χ0n) is 19.5. The van der Waals surface area contributed by atoms with Crippen molar-refractivity contribution in [3.8, 4) is 0 Å². The number of hydrogen-bond donors (Lipinski definition) is 2. The SMILES string of the molecule is Cc1cc(CC(=O)Nc2cc(C3CCC(N(C(=O)O)C4(C)CC4)C3)nn2C(C)(C)C)on1. The van der Waals surface area contributed by atoms with E-state index in [1.807, 2.05) is 45.4 Å². The molecule has 32 heavy (non-hydrogen) atoms. The van der Waals surface area contributed by atoms with Crippen LogP contribution in [0.25, 0.3) is 0 Å². The van der Waals surface area contributed by atoms with Gasteiger partial charge < -0.3 is 14.9 Å². The van der Waals surface area contributed by atoms with Gasteiger partial charge in [-0.1, -0.05) is 5.16 Å². The molecule has 2 heterocycles. The van der Waals surface area contributed by atoms with Crippen LogP contribution in [0.15, 0.2) is 16.7 Å². The van der Waals surface area contributed by atoms with Crippen LogP contribution in [0.3, 0.4) is 0 Å². The minimum atomic E-state index is -0.827. The molecule has 2 atom stereocenters. The van der Waals surface area contributed by atoms with E-state index in [1.165, 1.54) is 0 Å². The zero-order chi connectivity index (χ0) is 23.3. The van der Waals surface area contributed by atoms with Gasteiger partial charge in [-0.15, -0.1) is 0 Å². The molecule has 4 rings (SSSR count). The van der Waals surface area contributed by atoms with Crippen molar-refractivity contribution in [1.82, 2.24) is 19.8 Å². The minimum absolute atomic E-state index is 0.0116. The number of carbonyl (C=O) groups excluding carboxylic acids is 1. The molecule has 0 aromatic carbocycles. The van der Waals surface area contributed by atoms with Gasteiger partial charge in [0.25, 0.3) is 0 Å². The Bertz CT molecular complexity index is 1010. The first-order valence-corrected chi connectivity index (χ1v) is 11.3. The third-order valence-corrected chi connectivity index (χ3v) is 6.59. The van der Waals surface area contributed by atoms with Gasteiger partial charge in [0.2, 0.25) is 5.91 Å². The van der Waals surface area contributed by atoms with Gasteiger partial charge in [-0.2, -0.15) is 5.10 Å². The Morgan fingerprint density at radius 1 is 1.31 bits per heavy atom. The van der Waals surface area contributed by atoms with Gasteiger partial charge in [-0.05, 0) is 66.7 Å². The number of nitrogens with zero attached hydrogens (tertiary/aromatic N) is 4. The maximum atomic E-state index is 12.6. The summed E-state index contributed by atoms with van der Waals surface area (Å²) >= 11 is 0. The standard InChI is InChI=1S/C23H33N5O4/c1-14-10-17(32-26-14)12-20(29)24-19-13-18(25-28(19)22(2,3)4)15-6-7-16(11-15)27(21(30)31)23(5)8-9-23/h10,13,15-16H,6-9,11-12H2,1-5H3,(H,24,29)(H,30,31). The number of carboxylic acid groups (broad SMARTS) is 1. The van der Waals surface area contributed by atoms with E-state index >= 15 is 0 Å². The molecule has 0 bridgehead atoms. The van der Waals surface area contributed by atoms with E-state index in [2.05, 4.69) is 10.5 Å². The van der Waals surface area contributed by atoms with Crippen LogP contribution in [0, 0.1) is 6.92 Å². The summed E-state index contributed by atoms with van der Waals surface area (Å²) in [4.78, 5) is 26.2. The molecule has 0 radical (unpaired) electrons. The summed E-state index contributed by atoms with van der Waals surface area (Å²) < 4.78 is 7.00. The lowest BCUT2D eigenvalue weighted by Gasteiger charge is -2.32. The quantitative estimate of drug-likeness (QED) is 0.689. The Kier molecular flexibility index (Phi) is 5.55. The van der Waals surface area contributed by atoms with Gasteiger partial charge in [0.05, 0.1) is 23.3 Å². The lowest BCUT2D eigenvalue weighted by Crippen LogP contribution is -2.45. The highest BCUT2D eigenvalue weighted by Gasteiger charge is 2.50. The van der Waals surface area contributed by atoms with Crippen LogP contribution < -0.4 is 5.32 Å². The molecule has 2 fully saturated rings. The molecule has 2 N–H and O–H groups in total. The Labute approximate surface area is 188 Å². The third-order valence-electron chi connectivity index (χ3n) is 6.59. The lowest BCUT2D eigenvalue weighted by atomic mass is 10.0. The van der Waals surface area contributed by atoms with E-state index in [-0.39, 0.29) is 35.4 Å². The molecule has 0 saturated heterocycles. The van der Waals surface area contributed by atoms with Gasteiger partial charge in [0.1, 0.15) is 11.6 Å². The van der Waals surface area contributed by atoms with Crippen LogP contribution in [0.5, 0.6) is 0 Å². The lowest BCUT2D eigenvalue weighted by molar-refractivity contribution is -0.115. The van der Waals surface area contributed by atoms with Crippen LogP contribution in [-0.4, -0.2) is 48.5 Å². The van der Waals surface area contributed by atoms with Crippen molar-refractivity contribution in [3.63, 3.8) is 0 Å². The molecule has 2 aromatic heterocycles. The maximum Gasteiger partial charge on any atom is 0.408 e. The predicted molar refractivity (Wildman–Crippen MR) is 119 cm³/mol. The summed E-state index contributed by atoms with van der Waals surface area (Å²) in [6, 6.07) is 3.70.